The molecule has 1 aromatic carbocycles. The monoisotopic (exact) mass is 207 g/mol. The number of ether oxygens (including phenoxy) is 1. The zero-order valence-corrected chi connectivity index (χ0v) is 8.85. The van der Waals surface area contributed by atoms with Crippen molar-refractivity contribution in [1.82, 2.24) is 4.90 Å². The van der Waals surface area contributed by atoms with Gasteiger partial charge in [-0.15, -0.1) is 0 Å². The minimum atomic E-state index is 0.280. The molecule has 1 aliphatic rings. The van der Waals surface area contributed by atoms with Crippen molar-refractivity contribution in [3.05, 3.63) is 24.3 Å². The Bertz CT molecular complexity index is 291. The van der Waals surface area contributed by atoms with Crippen molar-refractivity contribution < 1.29 is 9.84 Å². The van der Waals surface area contributed by atoms with Crippen LogP contribution in [0.5, 0.6) is 11.5 Å². The van der Waals surface area contributed by atoms with Crippen LogP contribution in [0.3, 0.4) is 0 Å². The van der Waals surface area contributed by atoms with Crippen molar-refractivity contribution in [2.75, 3.05) is 26.2 Å². The van der Waals surface area contributed by atoms with Crippen LogP contribution in [0.4, 0.5) is 0 Å². The molecule has 1 aliphatic heterocycles. The molecule has 1 N–H and O–H groups in total. The van der Waals surface area contributed by atoms with Gasteiger partial charge < -0.3 is 9.84 Å². The summed E-state index contributed by atoms with van der Waals surface area (Å²) in [5.74, 6) is 1.11. The number of phenolic OH excluding ortho intramolecular Hbond substituents is 1. The normalized spacial score (nSPS) is 16.8. The third-order valence-electron chi connectivity index (χ3n) is 2.71. The van der Waals surface area contributed by atoms with Gasteiger partial charge in [0.2, 0.25) is 0 Å². The van der Waals surface area contributed by atoms with Gasteiger partial charge in [0.1, 0.15) is 18.1 Å². The van der Waals surface area contributed by atoms with E-state index in [1.54, 1.807) is 24.3 Å². The molecule has 1 saturated heterocycles. The Morgan fingerprint density at radius 1 is 1.13 bits per heavy atom. The van der Waals surface area contributed by atoms with Crippen LogP contribution >= 0.6 is 0 Å². The van der Waals surface area contributed by atoms with Crippen LogP contribution in [0.25, 0.3) is 0 Å². The molecular formula is C12H17NO2. The molecule has 0 aliphatic carbocycles. The number of likely N-dealkylation sites (tertiary alicyclic amines) is 1. The van der Waals surface area contributed by atoms with E-state index in [4.69, 9.17) is 9.84 Å². The highest BCUT2D eigenvalue weighted by atomic mass is 16.5. The third kappa shape index (κ3) is 3.13. The summed E-state index contributed by atoms with van der Waals surface area (Å²) >= 11 is 0. The molecular weight excluding hydrogens is 190 g/mol. The average molecular weight is 207 g/mol. The average Bonchev–Trinajstić information content (AvgIpc) is 2.74. The maximum atomic E-state index is 9.09. The van der Waals surface area contributed by atoms with Crippen molar-refractivity contribution >= 4 is 0 Å². The van der Waals surface area contributed by atoms with Crippen molar-refractivity contribution in [1.29, 1.82) is 0 Å². The highest BCUT2D eigenvalue weighted by Gasteiger charge is 2.10. The fraction of sp³-hybridized carbons (Fsp3) is 0.500. The lowest BCUT2D eigenvalue weighted by Gasteiger charge is -2.14. The lowest BCUT2D eigenvalue weighted by Crippen LogP contribution is -2.25. The van der Waals surface area contributed by atoms with E-state index in [9.17, 15) is 0 Å². The van der Waals surface area contributed by atoms with Gasteiger partial charge in [-0.25, -0.2) is 0 Å². The smallest absolute Gasteiger partial charge is 0.119 e. The summed E-state index contributed by atoms with van der Waals surface area (Å²) in [7, 11) is 0. The predicted octanol–water partition coefficient (Wildman–Crippen LogP) is 1.87. The van der Waals surface area contributed by atoms with E-state index in [2.05, 4.69) is 4.90 Å². The molecule has 15 heavy (non-hydrogen) atoms. The van der Waals surface area contributed by atoms with Crippen LogP contribution in [0.1, 0.15) is 12.8 Å². The van der Waals surface area contributed by atoms with Gasteiger partial charge in [-0.3, -0.25) is 4.90 Å². The second kappa shape index (κ2) is 5.03. The topological polar surface area (TPSA) is 32.7 Å². The van der Waals surface area contributed by atoms with Crippen molar-refractivity contribution in [2.24, 2.45) is 0 Å². The first-order chi connectivity index (χ1) is 7.34. The molecule has 0 bridgehead atoms. The Morgan fingerprint density at radius 2 is 1.80 bits per heavy atom. The van der Waals surface area contributed by atoms with Gasteiger partial charge in [0.05, 0.1) is 0 Å². The number of hydrogen-bond donors (Lipinski definition) is 1. The maximum Gasteiger partial charge on any atom is 0.119 e. The second-order valence-corrected chi connectivity index (χ2v) is 3.89. The SMILES string of the molecule is Oc1ccc(OCCN2CCCC2)cc1. The van der Waals surface area contributed by atoms with E-state index in [0.29, 0.717) is 0 Å². The molecule has 0 radical (unpaired) electrons. The summed E-state index contributed by atoms with van der Waals surface area (Å²) in [5, 5.41) is 9.09. The molecule has 0 aromatic heterocycles. The Kier molecular flexibility index (Phi) is 3.45. The van der Waals surface area contributed by atoms with Gasteiger partial charge in [-0.2, -0.15) is 0 Å². The number of benzene rings is 1. The molecule has 3 nitrogen and oxygen atoms in total. The van der Waals surface area contributed by atoms with E-state index in [0.717, 1.165) is 18.9 Å². The van der Waals surface area contributed by atoms with E-state index in [-0.39, 0.29) is 5.75 Å². The highest BCUT2D eigenvalue weighted by Crippen LogP contribution is 2.16. The summed E-state index contributed by atoms with van der Waals surface area (Å²) in [6, 6.07) is 6.87. The van der Waals surface area contributed by atoms with Gasteiger partial charge in [-0.05, 0) is 50.2 Å². The van der Waals surface area contributed by atoms with Crippen LogP contribution in [-0.4, -0.2) is 36.2 Å². The Labute approximate surface area is 90.3 Å². The summed E-state index contributed by atoms with van der Waals surface area (Å²) in [4.78, 5) is 2.42. The number of aromatic hydroxyl groups is 1. The fourth-order valence-corrected chi connectivity index (χ4v) is 1.84. The first-order valence-electron chi connectivity index (χ1n) is 5.49. The molecule has 1 aromatic rings. The summed E-state index contributed by atoms with van der Waals surface area (Å²) in [5.41, 5.74) is 0. The second-order valence-electron chi connectivity index (χ2n) is 3.89. The zero-order valence-electron chi connectivity index (χ0n) is 8.85. The van der Waals surface area contributed by atoms with Crippen LogP contribution < -0.4 is 4.74 Å². The summed E-state index contributed by atoms with van der Waals surface area (Å²) in [6.45, 7) is 4.14. The molecule has 1 heterocycles. The molecule has 1 fully saturated rings. The largest absolute Gasteiger partial charge is 0.508 e. The maximum absolute atomic E-state index is 9.09. The quantitative estimate of drug-likeness (QED) is 0.818. The van der Waals surface area contributed by atoms with Crippen molar-refractivity contribution in [2.45, 2.75) is 12.8 Å². The lowest BCUT2D eigenvalue weighted by molar-refractivity contribution is 0.237. The third-order valence-corrected chi connectivity index (χ3v) is 2.71. The van der Waals surface area contributed by atoms with Gasteiger partial charge in [0.15, 0.2) is 0 Å². The van der Waals surface area contributed by atoms with E-state index < -0.39 is 0 Å². The summed E-state index contributed by atoms with van der Waals surface area (Å²) in [6.07, 6.45) is 2.64. The van der Waals surface area contributed by atoms with Crippen LogP contribution in [-0.2, 0) is 0 Å². The molecule has 0 amide bonds. The van der Waals surface area contributed by atoms with E-state index in [1.165, 1.54) is 25.9 Å². The Morgan fingerprint density at radius 3 is 2.47 bits per heavy atom. The van der Waals surface area contributed by atoms with Gasteiger partial charge in [0.25, 0.3) is 0 Å². The molecule has 2 rings (SSSR count). The van der Waals surface area contributed by atoms with Crippen molar-refractivity contribution in [3.8, 4) is 11.5 Å². The number of nitrogens with zero attached hydrogens (tertiary/aromatic N) is 1. The number of hydrogen-bond acceptors (Lipinski definition) is 3. The van der Waals surface area contributed by atoms with Crippen LogP contribution in [0.15, 0.2) is 24.3 Å². The van der Waals surface area contributed by atoms with E-state index >= 15 is 0 Å². The van der Waals surface area contributed by atoms with Crippen molar-refractivity contribution in [3.63, 3.8) is 0 Å². The predicted molar refractivity (Wildman–Crippen MR) is 59.3 cm³/mol. The van der Waals surface area contributed by atoms with Gasteiger partial charge >= 0.3 is 0 Å². The number of phenols is 1. The first kappa shape index (κ1) is 10.3. The molecule has 0 atom stereocenters. The van der Waals surface area contributed by atoms with Gasteiger partial charge in [-0.1, -0.05) is 0 Å². The first-order valence-corrected chi connectivity index (χ1v) is 5.49. The molecule has 82 valence electrons. The minimum Gasteiger partial charge on any atom is -0.508 e. The molecule has 3 heteroatoms. The lowest BCUT2D eigenvalue weighted by atomic mass is 10.3. The molecule has 0 saturated carbocycles. The fourth-order valence-electron chi connectivity index (χ4n) is 1.84. The van der Waals surface area contributed by atoms with Crippen LogP contribution in [0, 0.1) is 0 Å². The Hall–Kier alpha value is -1.22. The van der Waals surface area contributed by atoms with E-state index in [1.807, 2.05) is 0 Å². The van der Waals surface area contributed by atoms with Crippen LogP contribution in [0.2, 0.25) is 0 Å². The zero-order chi connectivity index (χ0) is 10.5. The molecule has 0 unspecified atom stereocenters. The molecule has 0 spiro atoms. The highest BCUT2D eigenvalue weighted by molar-refractivity contribution is 5.29. The summed E-state index contributed by atoms with van der Waals surface area (Å²) < 4.78 is 5.57. The number of rotatable bonds is 4. The van der Waals surface area contributed by atoms with Gasteiger partial charge in [0, 0.05) is 6.54 Å². The minimum absolute atomic E-state index is 0.280. The Balaban J connectivity index is 1.71. The standard InChI is InChI=1S/C12H17NO2/c14-11-3-5-12(6-4-11)15-10-9-13-7-1-2-8-13/h3-6,14H,1-2,7-10H2.